The fraction of sp³-hybridized carbons (Fsp3) is 0.308. The number of carbonyl (C=O) groups excluding carboxylic acids is 1. The van der Waals surface area contributed by atoms with E-state index in [4.69, 9.17) is 10.4 Å². The van der Waals surface area contributed by atoms with Crippen molar-refractivity contribution in [2.45, 2.75) is 24.3 Å². The molecular formula is C13H12BrNO4. The molecule has 2 atom stereocenters. The Labute approximate surface area is 118 Å². The predicted molar refractivity (Wildman–Crippen MR) is 71.1 cm³/mol. The van der Waals surface area contributed by atoms with Gasteiger partial charge in [-0.15, -0.1) is 0 Å². The highest BCUT2D eigenvalue weighted by molar-refractivity contribution is 9.10. The molecule has 0 heterocycles. The molecule has 0 bridgehead atoms. The van der Waals surface area contributed by atoms with Crippen molar-refractivity contribution in [1.29, 1.82) is 5.26 Å². The number of nitrogens with zero attached hydrogens (tertiary/aromatic N) is 1. The molecule has 0 saturated heterocycles. The zero-order chi connectivity index (χ0) is 14.6. The molecular weight excluding hydrogens is 314 g/mol. The largest absolute Gasteiger partial charge is 0.479 e. The van der Waals surface area contributed by atoms with Crippen molar-refractivity contribution < 1.29 is 19.8 Å². The topological polar surface area (TPSA) is 98.4 Å². The third kappa shape index (κ3) is 3.40. The van der Waals surface area contributed by atoms with Crippen LogP contribution in [0, 0.1) is 11.3 Å². The van der Waals surface area contributed by atoms with E-state index in [9.17, 15) is 14.7 Å². The van der Waals surface area contributed by atoms with E-state index in [2.05, 4.69) is 15.9 Å². The average molecular weight is 326 g/mol. The molecule has 0 saturated carbocycles. The first-order valence-corrected chi connectivity index (χ1v) is 6.39. The molecule has 0 aliphatic carbocycles. The third-order valence-corrected chi connectivity index (χ3v) is 3.00. The molecule has 19 heavy (non-hydrogen) atoms. The molecule has 2 N–H and O–H groups in total. The molecule has 2 unspecified atom stereocenters. The Kier molecular flexibility index (Phi) is 5.21. The summed E-state index contributed by atoms with van der Waals surface area (Å²) in [5.74, 6) is -1.80. The van der Waals surface area contributed by atoms with Crippen LogP contribution in [-0.2, 0) is 11.2 Å². The number of aliphatic carboxylic acids is 1. The predicted octanol–water partition coefficient (Wildman–Crippen LogP) is 1.84. The quantitative estimate of drug-likeness (QED) is 0.635. The van der Waals surface area contributed by atoms with Crippen molar-refractivity contribution in [3.05, 3.63) is 34.9 Å². The third-order valence-electron chi connectivity index (χ3n) is 2.59. The van der Waals surface area contributed by atoms with Crippen LogP contribution in [0.4, 0.5) is 0 Å². The zero-order valence-corrected chi connectivity index (χ0v) is 11.7. The highest BCUT2D eigenvalue weighted by Crippen LogP contribution is 2.25. The molecule has 0 radical (unpaired) electrons. The summed E-state index contributed by atoms with van der Waals surface area (Å²) in [7, 11) is 0. The Morgan fingerprint density at radius 3 is 2.58 bits per heavy atom. The molecule has 0 amide bonds. The van der Waals surface area contributed by atoms with Gasteiger partial charge < -0.3 is 10.2 Å². The number of Topliss-reactive ketones (excluding diaryl/α,β-unsaturated/α-hetero) is 1. The number of carboxylic acid groups (broad SMARTS) is 1. The van der Waals surface area contributed by atoms with Crippen LogP contribution in [0.5, 0.6) is 0 Å². The van der Waals surface area contributed by atoms with Gasteiger partial charge in [-0.05, 0) is 12.5 Å². The number of aliphatic hydroxyl groups is 1. The summed E-state index contributed by atoms with van der Waals surface area (Å²) in [6.45, 7) is 1.60. The molecule has 0 aliphatic rings. The van der Waals surface area contributed by atoms with E-state index in [1.54, 1.807) is 13.0 Å². The van der Waals surface area contributed by atoms with E-state index < -0.39 is 16.9 Å². The Balaban J connectivity index is 3.47. The summed E-state index contributed by atoms with van der Waals surface area (Å²) in [5.41, 5.74) is 0.525. The summed E-state index contributed by atoms with van der Waals surface area (Å²) in [5, 5.41) is 27.3. The van der Waals surface area contributed by atoms with Crippen LogP contribution in [-0.4, -0.2) is 26.8 Å². The van der Waals surface area contributed by atoms with Crippen molar-refractivity contribution >= 4 is 27.7 Å². The number of rotatable bonds is 5. The van der Waals surface area contributed by atoms with Crippen LogP contribution in [0.15, 0.2) is 18.2 Å². The van der Waals surface area contributed by atoms with E-state index in [-0.39, 0.29) is 23.3 Å². The molecule has 100 valence electrons. The molecule has 5 nitrogen and oxygen atoms in total. The second-order valence-corrected chi connectivity index (χ2v) is 5.31. The Morgan fingerprint density at radius 1 is 1.47 bits per heavy atom. The number of hydrogen-bond acceptors (Lipinski definition) is 4. The molecule has 1 aromatic carbocycles. The fourth-order valence-corrected chi connectivity index (χ4v) is 1.94. The maximum atomic E-state index is 12.1. The molecule has 0 aromatic heterocycles. The minimum atomic E-state index is -1.79. The summed E-state index contributed by atoms with van der Waals surface area (Å²) < 4.78 is 0. The second-order valence-electron chi connectivity index (χ2n) is 3.94. The van der Waals surface area contributed by atoms with Gasteiger partial charge in [0.15, 0.2) is 11.9 Å². The lowest BCUT2D eigenvalue weighted by Gasteiger charge is -2.15. The van der Waals surface area contributed by atoms with Crippen molar-refractivity contribution in [1.82, 2.24) is 0 Å². The van der Waals surface area contributed by atoms with Gasteiger partial charge in [0.2, 0.25) is 0 Å². The first-order chi connectivity index (χ1) is 8.90. The zero-order valence-electron chi connectivity index (χ0n) is 10.1. The Bertz CT molecular complexity index is 548. The van der Waals surface area contributed by atoms with E-state index in [0.29, 0.717) is 5.56 Å². The molecule has 1 aromatic rings. The summed E-state index contributed by atoms with van der Waals surface area (Å²) in [6, 6.07) is 6.39. The minimum Gasteiger partial charge on any atom is -0.479 e. The lowest BCUT2D eigenvalue weighted by atomic mass is 9.92. The SMILES string of the molecule is CC(Br)C(=O)c1c(CC#N)cccc1C(O)C(=O)O. The van der Waals surface area contributed by atoms with E-state index in [1.165, 1.54) is 12.1 Å². The van der Waals surface area contributed by atoms with Gasteiger partial charge in [-0.3, -0.25) is 4.79 Å². The molecule has 6 heteroatoms. The monoisotopic (exact) mass is 325 g/mol. The maximum absolute atomic E-state index is 12.1. The molecule has 0 fully saturated rings. The van der Waals surface area contributed by atoms with Gasteiger partial charge in [0.1, 0.15) is 0 Å². The summed E-state index contributed by atoms with van der Waals surface area (Å²) in [6.07, 6.45) is -1.81. The van der Waals surface area contributed by atoms with Crippen molar-refractivity contribution in [2.24, 2.45) is 0 Å². The van der Waals surface area contributed by atoms with E-state index in [0.717, 1.165) is 0 Å². The number of nitriles is 1. The number of carboxylic acids is 1. The lowest BCUT2D eigenvalue weighted by Crippen LogP contribution is -2.20. The Morgan fingerprint density at radius 2 is 2.11 bits per heavy atom. The molecule has 0 aliphatic heterocycles. The van der Waals surface area contributed by atoms with Gasteiger partial charge >= 0.3 is 5.97 Å². The number of benzene rings is 1. The van der Waals surface area contributed by atoms with Gasteiger partial charge in [0, 0.05) is 11.1 Å². The normalized spacial score (nSPS) is 13.4. The van der Waals surface area contributed by atoms with Gasteiger partial charge in [0.05, 0.1) is 17.3 Å². The van der Waals surface area contributed by atoms with Crippen LogP contribution >= 0.6 is 15.9 Å². The highest BCUT2D eigenvalue weighted by Gasteiger charge is 2.26. The van der Waals surface area contributed by atoms with Crippen molar-refractivity contribution in [3.63, 3.8) is 0 Å². The van der Waals surface area contributed by atoms with Crippen LogP contribution in [0.2, 0.25) is 0 Å². The minimum absolute atomic E-state index is 0.0107. The second kappa shape index (κ2) is 6.45. The average Bonchev–Trinajstić information content (AvgIpc) is 2.37. The highest BCUT2D eigenvalue weighted by atomic mass is 79.9. The number of hydrogen-bond donors (Lipinski definition) is 2. The van der Waals surface area contributed by atoms with Gasteiger partial charge in [0.25, 0.3) is 0 Å². The number of carbonyl (C=O) groups is 2. The van der Waals surface area contributed by atoms with Crippen molar-refractivity contribution in [3.8, 4) is 6.07 Å². The van der Waals surface area contributed by atoms with Gasteiger partial charge in [-0.25, -0.2) is 4.79 Å². The fourth-order valence-electron chi connectivity index (χ4n) is 1.71. The van der Waals surface area contributed by atoms with E-state index in [1.807, 2.05) is 6.07 Å². The van der Waals surface area contributed by atoms with Crippen LogP contribution in [0.3, 0.4) is 0 Å². The lowest BCUT2D eigenvalue weighted by molar-refractivity contribution is -0.146. The van der Waals surface area contributed by atoms with E-state index >= 15 is 0 Å². The van der Waals surface area contributed by atoms with Gasteiger partial charge in [-0.1, -0.05) is 34.1 Å². The number of halogens is 1. The molecule has 0 spiro atoms. The first-order valence-electron chi connectivity index (χ1n) is 5.48. The smallest absolute Gasteiger partial charge is 0.337 e. The first kappa shape index (κ1) is 15.3. The summed E-state index contributed by atoms with van der Waals surface area (Å²) >= 11 is 3.12. The van der Waals surface area contributed by atoms with Gasteiger partial charge in [-0.2, -0.15) is 5.26 Å². The van der Waals surface area contributed by atoms with Crippen LogP contribution in [0.25, 0.3) is 0 Å². The number of ketones is 1. The number of aliphatic hydroxyl groups excluding tert-OH is 1. The standard InChI is InChI=1S/C13H12BrNO4/c1-7(14)11(16)10-8(5-6-15)3-2-4-9(10)12(17)13(18)19/h2-4,7,12,17H,5H2,1H3,(H,18,19). The number of alkyl halides is 1. The Hall–Kier alpha value is -1.71. The maximum Gasteiger partial charge on any atom is 0.337 e. The van der Waals surface area contributed by atoms with Crippen molar-refractivity contribution in [2.75, 3.05) is 0 Å². The van der Waals surface area contributed by atoms with Crippen LogP contribution < -0.4 is 0 Å². The van der Waals surface area contributed by atoms with Crippen LogP contribution in [0.1, 0.15) is 34.5 Å². The summed E-state index contributed by atoms with van der Waals surface area (Å²) in [4.78, 5) is 22.5. The molecule has 1 rings (SSSR count).